The summed E-state index contributed by atoms with van der Waals surface area (Å²) in [6, 6.07) is 19.0. The first-order chi connectivity index (χ1) is 9.55. The molecule has 2 N–H and O–H groups in total. The summed E-state index contributed by atoms with van der Waals surface area (Å²) >= 11 is 0. The lowest BCUT2D eigenvalue weighted by molar-refractivity contribution is 0.381. The van der Waals surface area contributed by atoms with E-state index in [1.165, 1.54) is 0 Å². The van der Waals surface area contributed by atoms with E-state index in [-0.39, 0.29) is 11.7 Å². The fourth-order valence-electron chi connectivity index (χ4n) is 1.95. The van der Waals surface area contributed by atoms with Gasteiger partial charge in [0.25, 0.3) is 0 Å². The Morgan fingerprint density at radius 1 is 0.900 bits per heavy atom. The molecule has 20 heavy (non-hydrogen) atoms. The third-order valence-electron chi connectivity index (χ3n) is 3.02. The highest BCUT2D eigenvalue weighted by Gasteiger charge is 2.20. The Labute approximate surface area is 118 Å². The first-order valence-corrected chi connectivity index (χ1v) is 8.00. The SMILES string of the molecule is O=P(O)(O)C(=CCc1ccccc1)Cc1ccccc1. The normalized spacial score (nSPS) is 12.4. The van der Waals surface area contributed by atoms with Gasteiger partial charge in [-0.15, -0.1) is 0 Å². The maximum atomic E-state index is 11.6. The third-order valence-corrected chi connectivity index (χ3v) is 4.11. The molecule has 0 aliphatic heterocycles. The largest absolute Gasteiger partial charge is 0.352 e. The molecule has 104 valence electrons. The predicted octanol–water partition coefficient (Wildman–Crippen LogP) is 3.53. The zero-order valence-corrected chi connectivity index (χ0v) is 11.9. The van der Waals surface area contributed by atoms with Gasteiger partial charge in [-0.3, -0.25) is 4.57 Å². The summed E-state index contributed by atoms with van der Waals surface area (Å²) in [5.74, 6) is 0. The highest BCUT2D eigenvalue weighted by Crippen LogP contribution is 2.46. The van der Waals surface area contributed by atoms with Crippen molar-refractivity contribution in [1.29, 1.82) is 0 Å². The number of allylic oxidation sites excluding steroid dienone is 2. The lowest BCUT2D eigenvalue weighted by Crippen LogP contribution is -1.94. The van der Waals surface area contributed by atoms with Crippen molar-refractivity contribution in [2.24, 2.45) is 0 Å². The van der Waals surface area contributed by atoms with Crippen LogP contribution in [0.5, 0.6) is 0 Å². The van der Waals surface area contributed by atoms with Gasteiger partial charge >= 0.3 is 7.60 Å². The van der Waals surface area contributed by atoms with Crippen LogP contribution in [-0.4, -0.2) is 9.79 Å². The first-order valence-electron chi connectivity index (χ1n) is 6.39. The molecule has 0 atom stereocenters. The van der Waals surface area contributed by atoms with Crippen molar-refractivity contribution in [3.8, 4) is 0 Å². The summed E-state index contributed by atoms with van der Waals surface area (Å²) in [6.07, 6.45) is 2.44. The van der Waals surface area contributed by atoms with Crippen molar-refractivity contribution < 1.29 is 14.4 Å². The Hall–Kier alpha value is -1.67. The van der Waals surface area contributed by atoms with E-state index in [0.29, 0.717) is 6.42 Å². The van der Waals surface area contributed by atoms with E-state index in [9.17, 15) is 14.4 Å². The highest BCUT2D eigenvalue weighted by atomic mass is 31.2. The van der Waals surface area contributed by atoms with Gasteiger partial charge in [0, 0.05) is 11.7 Å². The van der Waals surface area contributed by atoms with Crippen molar-refractivity contribution in [2.45, 2.75) is 12.8 Å². The Morgan fingerprint density at radius 2 is 1.40 bits per heavy atom. The average Bonchev–Trinajstić information content (AvgIpc) is 2.44. The second kappa shape index (κ2) is 6.67. The van der Waals surface area contributed by atoms with Crippen LogP contribution in [0.2, 0.25) is 0 Å². The van der Waals surface area contributed by atoms with Gasteiger partial charge in [-0.2, -0.15) is 0 Å². The van der Waals surface area contributed by atoms with Crippen molar-refractivity contribution in [2.75, 3.05) is 0 Å². The molecule has 2 aromatic carbocycles. The summed E-state index contributed by atoms with van der Waals surface area (Å²) in [4.78, 5) is 18.9. The Morgan fingerprint density at radius 3 is 1.90 bits per heavy atom. The second-order valence-electron chi connectivity index (χ2n) is 4.59. The minimum absolute atomic E-state index is 0.174. The molecule has 0 bridgehead atoms. The summed E-state index contributed by atoms with van der Waals surface area (Å²) in [5, 5.41) is 0.174. The summed E-state index contributed by atoms with van der Waals surface area (Å²) in [7, 11) is -4.22. The lowest BCUT2D eigenvalue weighted by atomic mass is 10.1. The molecule has 0 aliphatic carbocycles. The molecule has 4 heteroatoms. The Kier molecular flexibility index (Phi) is 4.91. The Bertz CT molecular complexity index is 615. The van der Waals surface area contributed by atoms with E-state index in [2.05, 4.69) is 0 Å². The van der Waals surface area contributed by atoms with Crippen LogP contribution in [0.1, 0.15) is 11.1 Å². The van der Waals surface area contributed by atoms with Gasteiger partial charge in [0.15, 0.2) is 0 Å². The number of hydrogen-bond donors (Lipinski definition) is 2. The number of benzene rings is 2. The summed E-state index contributed by atoms with van der Waals surface area (Å²) in [5.41, 5.74) is 1.93. The quantitative estimate of drug-likeness (QED) is 0.827. The maximum absolute atomic E-state index is 11.6. The zero-order valence-electron chi connectivity index (χ0n) is 11.0. The molecular weight excluding hydrogens is 271 g/mol. The maximum Gasteiger partial charge on any atom is 0.352 e. The molecule has 0 unspecified atom stereocenters. The van der Waals surface area contributed by atoms with Crippen LogP contribution in [0.4, 0.5) is 0 Å². The topological polar surface area (TPSA) is 57.5 Å². The van der Waals surface area contributed by atoms with Crippen LogP contribution >= 0.6 is 7.60 Å². The molecule has 0 aliphatic rings. The smallest absolute Gasteiger partial charge is 0.321 e. The molecule has 3 nitrogen and oxygen atoms in total. The van der Waals surface area contributed by atoms with E-state index in [0.717, 1.165) is 11.1 Å². The van der Waals surface area contributed by atoms with Crippen molar-refractivity contribution >= 4 is 7.60 Å². The molecule has 0 aromatic heterocycles. The molecule has 0 fully saturated rings. The second-order valence-corrected chi connectivity index (χ2v) is 6.25. The molecule has 0 saturated heterocycles. The van der Waals surface area contributed by atoms with Crippen LogP contribution in [0, 0.1) is 0 Å². The molecule has 0 saturated carbocycles. The van der Waals surface area contributed by atoms with Gasteiger partial charge in [-0.1, -0.05) is 66.7 Å². The Balaban J connectivity index is 2.18. The first kappa shape index (κ1) is 14.7. The zero-order chi connectivity index (χ0) is 14.4. The number of rotatable bonds is 5. The minimum atomic E-state index is -4.22. The standard InChI is InChI=1S/C16H17O3P/c17-20(18,19)16(13-15-9-5-2-6-10-15)12-11-14-7-3-1-4-8-14/h1-10,12H,11,13H2,(H2,17,18,19). The van der Waals surface area contributed by atoms with Gasteiger partial charge < -0.3 is 9.79 Å². The van der Waals surface area contributed by atoms with Crippen molar-refractivity contribution in [3.63, 3.8) is 0 Å². The average molecular weight is 288 g/mol. The third kappa shape index (κ3) is 4.46. The van der Waals surface area contributed by atoms with Gasteiger partial charge in [0.1, 0.15) is 0 Å². The highest BCUT2D eigenvalue weighted by molar-refractivity contribution is 7.56. The molecule has 0 radical (unpaired) electrons. The van der Waals surface area contributed by atoms with E-state index in [4.69, 9.17) is 0 Å². The predicted molar refractivity (Wildman–Crippen MR) is 80.4 cm³/mol. The fraction of sp³-hybridized carbons (Fsp3) is 0.125. The van der Waals surface area contributed by atoms with Gasteiger partial charge in [-0.25, -0.2) is 0 Å². The van der Waals surface area contributed by atoms with Crippen molar-refractivity contribution in [1.82, 2.24) is 0 Å². The summed E-state index contributed by atoms with van der Waals surface area (Å²) in [6.45, 7) is 0. The molecule has 2 aromatic rings. The fourth-order valence-corrected chi connectivity index (χ4v) is 2.67. The molecule has 2 rings (SSSR count). The van der Waals surface area contributed by atoms with E-state index < -0.39 is 7.60 Å². The van der Waals surface area contributed by atoms with E-state index in [1.807, 2.05) is 60.7 Å². The summed E-state index contributed by atoms with van der Waals surface area (Å²) < 4.78 is 11.6. The van der Waals surface area contributed by atoms with Gasteiger partial charge in [0.05, 0.1) is 0 Å². The molecule has 0 spiro atoms. The van der Waals surface area contributed by atoms with Crippen LogP contribution in [0.3, 0.4) is 0 Å². The molecule has 0 heterocycles. The number of hydrogen-bond acceptors (Lipinski definition) is 1. The minimum Gasteiger partial charge on any atom is -0.321 e. The molecule has 0 amide bonds. The van der Waals surface area contributed by atoms with Gasteiger partial charge in [-0.05, 0) is 17.5 Å². The van der Waals surface area contributed by atoms with E-state index >= 15 is 0 Å². The van der Waals surface area contributed by atoms with E-state index in [1.54, 1.807) is 6.08 Å². The lowest BCUT2D eigenvalue weighted by Gasteiger charge is -2.10. The van der Waals surface area contributed by atoms with Crippen LogP contribution < -0.4 is 0 Å². The van der Waals surface area contributed by atoms with Crippen LogP contribution in [0.25, 0.3) is 0 Å². The monoisotopic (exact) mass is 288 g/mol. The van der Waals surface area contributed by atoms with Crippen LogP contribution in [0.15, 0.2) is 72.1 Å². The molecular formula is C16H17O3P. The van der Waals surface area contributed by atoms with Gasteiger partial charge in [0.2, 0.25) is 0 Å². The van der Waals surface area contributed by atoms with Crippen LogP contribution in [-0.2, 0) is 17.4 Å². The van der Waals surface area contributed by atoms with Crippen molar-refractivity contribution in [3.05, 3.63) is 83.2 Å².